The summed E-state index contributed by atoms with van der Waals surface area (Å²) < 4.78 is 5.97. The average molecular weight is 653 g/mol. The Labute approximate surface area is 278 Å². The van der Waals surface area contributed by atoms with Crippen LogP contribution < -0.4 is 20.3 Å². The number of methoxy groups -OCH3 is 1. The summed E-state index contributed by atoms with van der Waals surface area (Å²) in [5.74, 6) is 1.20. The molecule has 0 spiro atoms. The molecule has 4 aliphatic rings. The lowest BCUT2D eigenvalue weighted by molar-refractivity contribution is -0.161. The Balaban J connectivity index is 1.42. The maximum atomic E-state index is 14.0. The van der Waals surface area contributed by atoms with Crippen LogP contribution in [0.25, 0.3) is 11.1 Å². The van der Waals surface area contributed by atoms with Crippen molar-refractivity contribution in [2.24, 2.45) is 29.1 Å². The number of aliphatic hydroxyl groups is 3. The van der Waals surface area contributed by atoms with Crippen molar-refractivity contribution in [2.75, 3.05) is 45.9 Å². The van der Waals surface area contributed by atoms with Crippen molar-refractivity contribution in [2.45, 2.75) is 71.3 Å². The molecule has 2 bridgehead atoms. The second kappa shape index (κ2) is 14.1. The van der Waals surface area contributed by atoms with Crippen LogP contribution in [0.2, 0.25) is 0 Å². The predicted octanol–water partition coefficient (Wildman–Crippen LogP) is 2.81. The van der Waals surface area contributed by atoms with Gasteiger partial charge in [-0.1, -0.05) is 39.0 Å². The number of ether oxygens (including phenoxy) is 1. The van der Waals surface area contributed by atoms with Gasteiger partial charge in [-0.05, 0) is 66.7 Å². The second-order valence-electron chi connectivity index (χ2n) is 14.5. The largest absolute Gasteiger partial charge is 0.496 e. The van der Waals surface area contributed by atoms with E-state index in [0.717, 1.165) is 28.8 Å². The van der Waals surface area contributed by atoms with E-state index in [0.29, 0.717) is 34.5 Å². The van der Waals surface area contributed by atoms with Crippen LogP contribution in [0.15, 0.2) is 36.4 Å². The molecule has 3 saturated carbocycles. The highest BCUT2D eigenvalue weighted by atomic mass is 16.7. The van der Waals surface area contributed by atoms with Gasteiger partial charge < -0.3 is 35.6 Å². The van der Waals surface area contributed by atoms with Gasteiger partial charge in [0.05, 0.1) is 45.6 Å². The summed E-state index contributed by atoms with van der Waals surface area (Å²) in [6.07, 6.45) is 1.45. The van der Waals surface area contributed by atoms with Crippen molar-refractivity contribution in [1.82, 2.24) is 15.7 Å². The van der Waals surface area contributed by atoms with E-state index in [9.17, 15) is 24.9 Å². The van der Waals surface area contributed by atoms with Crippen molar-refractivity contribution < 1.29 is 34.5 Å². The molecule has 5 N–H and O–H groups in total. The fraction of sp³-hybridized carbons (Fsp3) is 0.611. The summed E-state index contributed by atoms with van der Waals surface area (Å²) in [7, 11) is 5.35. The first-order chi connectivity index (χ1) is 22.3. The van der Waals surface area contributed by atoms with Crippen LogP contribution in [0.3, 0.4) is 0 Å². The lowest BCUT2D eigenvalue weighted by atomic mass is 9.45. The summed E-state index contributed by atoms with van der Waals surface area (Å²) >= 11 is 0. The van der Waals surface area contributed by atoms with E-state index in [-0.39, 0.29) is 38.3 Å². The monoisotopic (exact) mass is 652 g/mol. The topological polar surface area (TPSA) is 144 Å². The van der Waals surface area contributed by atoms with Gasteiger partial charge in [-0.25, -0.2) is 0 Å². The number of amides is 2. The SMILES string of the molecule is COc1c(CN2OC[C@@H]([C@H](C)O)[C@H]2C(=O)N[C@H]2C[C@H]3C[C@@H]([C@@H]2C)C3(C)C)cccc1-c1cc(C(=O)NC(CO)CO)cc(N(C)C)c1. The standard InChI is InChI=1S/C36H52N4O7/c1-20-30-14-25(36(30,3)4)15-31(20)38-35(45)32-29(21(2)43)19-47-40(32)16-22-9-8-10-28(33(22)46-7)23-11-24(13-27(12-23)39(5)6)34(44)37-26(17-41)18-42/h8-13,20-21,25-26,29-32,41-43H,14-19H2,1-7H3,(H,37,44)(H,38,45)/t20-,21-,25+,29-,30-,31-,32-/m0/s1. The molecule has 0 radical (unpaired) electrons. The molecule has 1 saturated heterocycles. The molecule has 11 heteroatoms. The van der Waals surface area contributed by atoms with E-state index in [4.69, 9.17) is 9.57 Å². The Morgan fingerprint density at radius 3 is 2.47 bits per heavy atom. The molecule has 2 amide bonds. The Bertz CT molecular complexity index is 1440. The van der Waals surface area contributed by atoms with Crippen LogP contribution in [0.1, 0.15) is 56.5 Å². The summed E-state index contributed by atoms with van der Waals surface area (Å²) in [4.78, 5) is 35.1. The number of rotatable bonds is 12. The maximum absolute atomic E-state index is 14.0. The molecule has 0 unspecified atom stereocenters. The number of carbonyl (C=O) groups is 2. The van der Waals surface area contributed by atoms with Gasteiger partial charge in [0, 0.05) is 48.4 Å². The van der Waals surface area contributed by atoms with Crippen molar-refractivity contribution in [1.29, 1.82) is 0 Å². The van der Waals surface area contributed by atoms with Crippen molar-refractivity contribution in [3.63, 3.8) is 0 Å². The van der Waals surface area contributed by atoms with E-state index >= 15 is 0 Å². The number of nitrogens with zero attached hydrogens (tertiary/aromatic N) is 2. The smallest absolute Gasteiger partial charge is 0.251 e. The van der Waals surface area contributed by atoms with Gasteiger partial charge in [-0.2, -0.15) is 5.06 Å². The number of aliphatic hydroxyl groups excluding tert-OH is 3. The Morgan fingerprint density at radius 2 is 1.87 bits per heavy atom. The Kier molecular flexibility index (Phi) is 10.5. The van der Waals surface area contributed by atoms with Crippen LogP contribution in [0, 0.1) is 29.1 Å². The van der Waals surface area contributed by atoms with E-state index in [2.05, 4.69) is 31.4 Å². The van der Waals surface area contributed by atoms with Gasteiger partial charge in [-0.15, -0.1) is 0 Å². The van der Waals surface area contributed by atoms with Crippen molar-refractivity contribution in [3.8, 4) is 16.9 Å². The predicted molar refractivity (Wildman–Crippen MR) is 180 cm³/mol. The van der Waals surface area contributed by atoms with E-state index in [1.807, 2.05) is 43.3 Å². The lowest BCUT2D eigenvalue weighted by Crippen LogP contribution is -2.62. The molecule has 47 heavy (non-hydrogen) atoms. The minimum atomic E-state index is -0.776. The number of hydrogen-bond acceptors (Lipinski definition) is 9. The van der Waals surface area contributed by atoms with Crippen LogP contribution >= 0.6 is 0 Å². The molecule has 3 aliphatic carbocycles. The van der Waals surface area contributed by atoms with Gasteiger partial charge in [0.2, 0.25) is 5.91 Å². The molecular formula is C36H52N4O7. The zero-order chi connectivity index (χ0) is 34.2. The number of hydroxylamine groups is 2. The van der Waals surface area contributed by atoms with Gasteiger partial charge in [0.15, 0.2) is 0 Å². The summed E-state index contributed by atoms with van der Waals surface area (Å²) in [6.45, 7) is 8.33. The summed E-state index contributed by atoms with van der Waals surface area (Å²) in [5.41, 5.74) is 3.71. The minimum absolute atomic E-state index is 0.0923. The third-order valence-electron chi connectivity index (χ3n) is 11.1. The molecule has 2 aromatic carbocycles. The van der Waals surface area contributed by atoms with Gasteiger partial charge in [0.25, 0.3) is 5.91 Å². The average Bonchev–Trinajstić information content (AvgIpc) is 3.47. The van der Waals surface area contributed by atoms with E-state index in [1.165, 1.54) is 6.42 Å². The van der Waals surface area contributed by atoms with Crippen molar-refractivity contribution >= 4 is 17.5 Å². The summed E-state index contributed by atoms with van der Waals surface area (Å²) in [5, 5.41) is 37.3. The Morgan fingerprint density at radius 1 is 1.15 bits per heavy atom. The molecule has 258 valence electrons. The maximum Gasteiger partial charge on any atom is 0.251 e. The fourth-order valence-corrected chi connectivity index (χ4v) is 7.97. The minimum Gasteiger partial charge on any atom is -0.496 e. The first kappa shape index (κ1) is 35.1. The zero-order valence-electron chi connectivity index (χ0n) is 28.7. The number of fused-ring (bicyclic) bond motifs is 2. The quantitative estimate of drug-likeness (QED) is 0.234. The summed E-state index contributed by atoms with van der Waals surface area (Å²) in [6, 6.07) is 9.82. The third kappa shape index (κ3) is 6.87. The van der Waals surface area contributed by atoms with Crippen molar-refractivity contribution in [3.05, 3.63) is 47.5 Å². The first-order valence-electron chi connectivity index (χ1n) is 16.7. The van der Waals surface area contributed by atoms with Gasteiger partial charge in [-0.3, -0.25) is 14.4 Å². The molecule has 6 rings (SSSR count). The van der Waals surface area contributed by atoms with Crippen LogP contribution in [0.4, 0.5) is 5.69 Å². The fourth-order valence-electron chi connectivity index (χ4n) is 7.97. The number of benzene rings is 2. The van der Waals surface area contributed by atoms with Gasteiger partial charge >= 0.3 is 0 Å². The number of anilines is 1. The molecule has 4 fully saturated rings. The molecule has 1 aliphatic heterocycles. The highest BCUT2D eigenvalue weighted by Gasteiger charge is 2.57. The normalized spacial score (nSPS) is 27.2. The Hall–Kier alpha value is -3.22. The van der Waals surface area contributed by atoms with Gasteiger partial charge in [0.1, 0.15) is 11.8 Å². The van der Waals surface area contributed by atoms with E-state index < -0.39 is 30.0 Å². The highest BCUT2D eigenvalue weighted by molar-refractivity contribution is 5.97. The van der Waals surface area contributed by atoms with Crippen LogP contribution in [0.5, 0.6) is 5.75 Å². The molecular weight excluding hydrogens is 600 g/mol. The molecule has 2 aromatic rings. The molecule has 7 atom stereocenters. The van der Waals surface area contributed by atoms with Crippen LogP contribution in [-0.2, 0) is 16.2 Å². The number of nitrogens with one attached hydrogen (secondary N) is 2. The third-order valence-corrected chi connectivity index (χ3v) is 11.1. The number of hydrogen-bond donors (Lipinski definition) is 5. The lowest BCUT2D eigenvalue weighted by Gasteiger charge is -2.62. The van der Waals surface area contributed by atoms with Crippen LogP contribution in [-0.4, -0.2) is 97.5 Å². The highest BCUT2D eigenvalue weighted by Crippen LogP contribution is 2.61. The molecule has 0 aromatic heterocycles. The number of carbonyl (C=O) groups excluding carboxylic acids is 2. The molecule has 1 heterocycles. The van der Waals surface area contributed by atoms with E-state index in [1.54, 1.807) is 31.2 Å². The first-order valence-corrected chi connectivity index (χ1v) is 16.7. The second-order valence-corrected chi connectivity index (χ2v) is 14.5. The zero-order valence-corrected chi connectivity index (χ0v) is 28.7. The number of para-hydroxylation sites is 1. The molecule has 11 nitrogen and oxygen atoms in total.